The first-order valence-electron chi connectivity index (χ1n) is 7.98. The zero-order chi connectivity index (χ0) is 20.3. The van der Waals surface area contributed by atoms with E-state index in [0.717, 1.165) is 22.4 Å². The van der Waals surface area contributed by atoms with Gasteiger partial charge >= 0.3 is 12.2 Å². The minimum Gasteiger partial charge on any atom is -0.505 e. The van der Waals surface area contributed by atoms with Gasteiger partial charge in [0.2, 0.25) is 0 Å². The molecule has 3 heterocycles. The van der Waals surface area contributed by atoms with Crippen molar-refractivity contribution in [3.63, 3.8) is 0 Å². The number of hydrogen-bond acceptors (Lipinski definition) is 7. The first kappa shape index (κ1) is 18.9. The largest absolute Gasteiger partial charge is 0.505 e. The Bertz CT molecular complexity index is 978. The fourth-order valence-corrected chi connectivity index (χ4v) is 4.15. The van der Waals surface area contributed by atoms with Gasteiger partial charge in [-0.05, 0) is 12.8 Å². The number of aromatic nitrogens is 3. The van der Waals surface area contributed by atoms with Crippen LogP contribution < -0.4 is 0 Å². The Kier molecular flexibility index (Phi) is 4.23. The van der Waals surface area contributed by atoms with Crippen LogP contribution in [0.1, 0.15) is 17.8 Å². The van der Waals surface area contributed by atoms with Crippen molar-refractivity contribution < 1.29 is 27.9 Å². The van der Waals surface area contributed by atoms with E-state index in [1.54, 1.807) is 0 Å². The molecule has 1 aliphatic carbocycles. The number of carbonyl (C=O) groups excluding carboxylic acids is 2. The van der Waals surface area contributed by atoms with E-state index in [-0.39, 0.29) is 22.2 Å². The quantitative estimate of drug-likeness (QED) is 0.744. The van der Waals surface area contributed by atoms with Gasteiger partial charge in [-0.1, -0.05) is 22.9 Å². The Morgan fingerprint density at radius 1 is 1.25 bits per heavy atom. The Morgan fingerprint density at radius 2 is 1.96 bits per heavy atom. The number of urea groups is 1. The van der Waals surface area contributed by atoms with Crippen LogP contribution in [0, 0.1) is 0 Å². The van der Waals surface area contributed by atoms with Gasteiger partial charge in [-0.2, -0.15) is 13.2 Å². The Morgan fingerprint density at radius 3 is 2.61 bits per heavy atom. The van der Waals surface area contributed by atoms with E-state index in [1.165, 1.54) is 6.20 Å². The van der Waals surface area contributed by atoms with Crippen molar-refractivity contribution in [2.45, 2.75) is 31.1 Å². The molecule has 1 aliphatic heterocycles. The van der Waals surface area contributed by atoms with Gasteiger partial charge < -0.3 is 10.0 Å². The minimum atomic E-state index is -4.67. The van der Waals surface area contributed by atoms with Gasteiger partial charge in [-0.25, -0.2) is 4.79 Å². The van der Waals surface area contributed by atoms with Gasteiger partial charge in [0, 0.05) is 6.20 Å². The van der Waals surface area contributed by atoms with Gasteiger partial charge in [0.05, 0.1) is 23.3 Å². The molecule has 4 rings (SSSR count). The summed E-state index contributed by atoms with van der Waals surface area (Å²) < 4.78 is 38.2. The standard InChI is InChI=1S/C15H11ClF3N5O3S/c16-10-7(3-20-4-8(10)25)11-22-21-9(28-11)5-24-13(27)23(6-15(17,18)19)12(26)14(24)1-2-14/h3-4,25H,1-2,5-6H2. The summed E-state index contributed by atoms with van der Waals surface area (Å²) in [6.45, 7) is -1.77. The Labute approximate surface area is 164 Å². The number of carbonyl (C=O) groups is 2. The molecule has 0 aromatic carbocycles. The molecule has 0 radical (unpaired) electrons. The maximum atomic E-state index is 12.7. The lowest BCUT2D eigenvalue weighted by atomic mass is 10.2. The second-order valence-electron chi connectivity index (χ2n) is 6.43. The highest BCUT2D eigenvalue weighted by atomic mass is 35.5. The van der Waals surface area contributed by atoms with Crippen LogP contribution in [0.4, 0.5) is 18.0 Å². The summed E-state index contributed by atoms with van der Waals surface area (Å²) >= 11 is 7.05. The maximum Gasteiger partial charge on any atom is 0.406 e. The van der Waals surface area contributed by atoms with Gasteiger partial charge in [-0.3, -0.25) is 14.7 Å². The van der Waals surface area contributed by atoms with Crippen LogP contribution in [0.2, 0.25) is 5.02 Å². The van der Waals surface area contributed by atoms with Crippen molar-refractivity contribution in [3.8, 4) is 16.3 Å². The van der Waals surface area contributed by atoms with Crippen LogP contribution in [0.3, 0.4) is 0 Å². The summed E-state index contributed by atoms with van der Waals surface area (Å²) in [5.41, 5.74) is -0.896. The van der Waals surface area contributed by atoms with Gasteiger partial charge in [0.1, 0.15) is 17.1 Å². The fourth-order valence-electron chi connectivity index (χ4n) is 3.07. The predicted molar refractivity (Wildman–Crippen MR) is 90.5 cm³/mol. The third kappa shape index (κ3) is 3.05. The summed E-state index contributed by atoms with van der Waals surface area (Å²) in [6, 6.07) is -0.992. The smallest absolute Gasteiger partial charge is 0.406 e. The van der Waals surface area contributed by atoms with Crippen molar-refractivity contribution in [2.24, 2.45) is 0 Å². The Hall–Kier alpha value is -2.47. The topological polar surface area (TPSA) is 99.5 Å². The lowest BCUT2D eigenvalue weighted by Crippen LogP contribution is -2.39. The van der Waals surface area contributed by atoms with Gasteiger partial charge in [0.25, 0.3) is 5.91 Å². The van der Waals surface area contributed by atoms with E-state index in [4.69, 9.17) is 11.6 Å². The number of halogens is 4. The molecule has 148 valence electrons. The number of aromatic hydroxyl groups is 1. The summed E-state index contributed by atoms with van der Waals surface area (Å²) in [7, 11) is 0. The SMILES string of the molecule is O=C1N(CC(F)(F)F)C(=O)C2(CC2)N1Cc1nnc(-c2cncc(O)c2Cl)s1. The third-order valence-electron chi connectivity index (χ3n) is 4.54. The average molecular weight is 434 g/mol. The molecule has 0 unspecified atom stereocenters. The maximum absolute atomic E-state index is 12.7. The van der Waals surface area contributed by atoms with E-state index in [1.807, 2.05) is 0 Å². The first-order valence-corrected chi connectivity index (χ1v) is 9.17. The molecule has 2 aromatic rings. The summed E-state index contributed by atoms with van der Waals surface area (Å²) in [4.78, 5) is 30.0. The lowest BCUT2D eigenvalue weighted by Gasteiger charge is -2.19. The molecule has 8 nitrogen and oxygen atoms in total. The molecule has 2 fully saturated rings. The second-order valence-corrected chi connectivity index (χ2v) is 7.87. The van der Waals surface area contributed by atoms with Crippen LogP contribution in [-0.2, 0) is 11.3 Å². The molecule has 28 heavy (non-hydrogen) atoms. The molecule has 3 amide bonds. The van der Waals surface area contributed by atoms with Gasteiger partial charge in [-0.15, -0.1) is 10.2 Å². The van der Waals surface area contributed by atoms with Crippen LogP contribution in [0.15, 0.2) is 12.4 Å². The molecular formula is C15H11ClF3N5O3S. The molecule has 1 N–H and O–H groups in total. The summed E-state index contributed by atoms with van der Waals surface area (Å²) in [5.74, 6) is -1.07. The number of amides is 3. The normalized spacial score (nSPS) is 18.4. The molecule has 1 saturated heterocycles. The summed E-state index contributed by atoms with van der Waals surface area (Å²) in [5, 5.41) is 18.2. The molecule has 1 saturated carbocycles. The number of rotatable bonds is 4. The highest BCUT2D eigenvalue weighted by molar-refractivity contribution is 7.14. The molecule has 2 aromatic heterocycles. The summed E-state index contributed by atoms with van der Waals surface area (Å²) in [6.07, 6.45) is -1.52. The van der Waals surface area contributed by atoms with E-state index in [9.17, 15) is 27.9 Å². The Balaban J connectivity index is 1.58. The fraction of sp³-hybridized carbons (Fsp3) is 0.400. The molecule has 1 spiro atoms. The van der Waals surface area contributed by atoms with E-state index < -0.39 is 30.2 Å². The highest BCUT2D eigenvalue weighted by Gasteiger charge is 2.65. The lowest BCUT2D eigenvalue weighted by molar-refractivity contribution is -0.153. The predicted octanol–water partition coefficient (Wildman–Crippen LogP) is 2.82. The number of pyridine rings is 1. The minimum absolute atomic E-state index is 0.0279. The van der Waals surface area contributed by atoms with Crippen LogP contribution in [0.25, 0.3) is 10.6 Å². The molecule has 13 heteroatoms. The zero-order valence-electron chi connectivity index (χ0n) is 13.9. The van der Waals surface area contributed by atoms with Crippen molar-refractivity contribution in [1.29, 1.82) is 0 Å². The van der Waals surface area contributed by atoms with E-state index >= 15 is 0 Å². The number of nitrogens with zero attached hydrogens (tertiary/aromatic N) is 5. The molecule has 0 bridgehead atoms. The number of alkyl halides is 3. The monoisotopic (exact) mass is 433 g/mol. The number of hydrogen-bond donors (Lipinski definition) is 1. The second kappa shape index (κ2) is 6.27. The third-order valence-corrected chi connectivity index (χ3v) is 5.87. The van der Waals surface area contributed by atoms with Crippen molar-refractivity contribution in [2.75, 3.05) is 6.54 Å². The first-order chi connectivity index (χ1) is 13.1. The van der Waals surface area contributed by atoms with Crippen LogP contribution >= 0.6 is 22.9 Å². The zero-order valence-corrected chi connectivity index (χ0v) is 15.5. The van der Waals surface area contributed by atoms with Gasteiger partial charge in [0.15, 0.2) is 10.8 Å². The number of imide groups is 1. The average Bonchev–Trinajstić information content (AvgIpc) is 3.26. The van der Waals surface area contributed by atoms with Crippen molar-refractivity contribution >= 4 is 34.9 Å². The van der Waals surface area contributed by atoms with Crippen molar-refractivity contribution in [3.05, 3.63) is 22.4 Å². The molecular weight excluding hydrogens is 423 g/mol. The highest BCUT2D eigenvalue weighted by Crippen LogP contribution is 2.49. The van der Waals surface area contributed by atoms with Crippen LogP contribution in [-0.4, -0.2) is 60.3 Å². The van der Waals surface area contributed by atoms with E-state index in [2.05, 4.69) is 15.2 Å². The molecule has 2 aliphatic rings. The molecule has 0 atom stereocenters. The van der Waals surface area contributed by atoms with E-state index in [0.29, 0.717) is 28.4 Å². The van der Waals surface area contributed by atoms with Crippen LogP contribution in [0.5, 0.6) is 5.75 Å². The van der Waals surface area contributed by atoms with Crippen molar-refractivity contribution in [1.82, 2.24) is 25.0 Å².